The molecule has 1 saturated heterocycles. The minimum absolute atomic E-state index is 0.0915. The summed E-state index contributed by atoms with van der Waals surface area (Å²) in [5.74, 6) is -0.212. The molecule has 0 saturated carbocycles. The smallest absolute Gasteiger partial charge is 0.123 e. The van der Waals surface area contributed by atoms with Crippen LogP contribution < -0.4 is 5.32 Å². The Labute approximate surface area is 90.6 Å². The van der Waals surface area contributed by atoms with Gasteiger partial charge >= 0.3 is 0 Å². The molecule has 1 aromatic rings. The summed E-state index contributed by atoms with van der Waals surface area (Å²) in [6.45, 7) is 2.14. The molecule has 1 atom stereocenters. The van der Waals surface area contributed by atoms with E-state index in [0.717, 1.165) is 23.2 Å². The molecule has 1 aliphatic heterocycles. The summed E-state index contributed by atoms with van der Waals surface area (Å²) in [5.41, 5.74) is 0.921. The first-order valence-electron chi connectivity index (χ1n) is 4.53. The van der Waals surface area contributed by atoms with Crippen molar-refractivity contribution in [2.75, 3.05) is 19.8 Å². The minimum atomic E-state index is -0.212. The second kappa shape index (κ2) is 4.38. The van der Waals surface area contributed by atoms with Gasteiger partial charge in [0.1, 0.15) is 5.82 Å². The van der Waals surface area contributed by atoms with Crippen LogP contribution in [0.1, 0.15) is 11.6 Å². The number of nitrogens with one attached hydrogen (secondary N) is 1. The lowest BCUT2D eigenvalue weighted by Crippen LogP contribution is -2.34. The molecule has 0 amide bonds. The third-order valence-electron chi connectivity index (χ3n) is 2.26. The fourth-order valence-corrected chi connectivity index (χ4v) is 2.07. The zero-order valence-electron chi connectivity index (χ0n) is 7.59. The van der Waals surface area contributed by atoms with Crippen LogP contribution in [0.25, 0.3) is 0 Å². The standard InChI is InChI=1S/C10H11BrFNO/c11-9-2-1-7(12)5-8(9)10-6-14-4-3-13-10/h1-2,5,10,13H,3-4,6H2. The molecule has 1 unspecified atom stereocenters. The van der Waals surface area contributed by atoms with Gasteiger partial charge in [0.15, 0.2) is 0 Å². The van der Waals surface area contributed by atoms with Crippen LogP contribution >= 0.6 is 15.9 Å². The second-order valence-corrected chi connectivity index (χ2v) is 4.10. The van der Waals surface area contributed by atoms with Crippen molar-refractivity contribution in [2.45, 2.75) is 6.04 Å². The van der Waals surface area contributed by atoms with Gasteiger partial charge in [0.05, 0.1) is 19.3 Å². The molecular weight excluding hydrogens is 249 g/mol. The SMILES string of the molecule is Fc1ccc(Br)c(C2COCCN2)c1. The summed E-state index contributed by atoms with van der Waals surface area (Å²) in [6.07, 6.45) is 0. The summed E-state index contributed by atoms with van der Waals surface area (Å²) >= 11 is 3.40. The third-order valence-corrected chi connectivity index (χ3v) is 2.98. The van der Waals surface area contributed by atoms with Gasteiger partial charge in [0.25, 0.3) is 0 Å². The van der Waals surface area contributed by atoms with E-state index in [9.17, 15) is 4.39 Å². The Morgan fingerprint density at radius 2 is 2.36 bits per heavy atom. The molecule has 4 heteroatoms. The van der Waals surface area contributed by atoms with E-state index in [0.29, 0.717) is 6.61 Å². The van der Waals surface area contributed by atoms with Gasteiger partial charge in [-0.1, -0.05) is 15.9 Å². The summed E-state index contributed by atoms with van der Waals surface area (Å²) in [7, 11) is 0. The molecule has 1 aliphatic rings. The predicted octanol–water partition coefficient (Wildman–Crippen LogP) is 2.25. The first-order valence-corrected chi connectivity index (χ1v) is 5.33. The monoisotopic (exact) mass is 259 g/mol. The quantitative estimate of drug-likeness (QED) is 0.836. The van der Waals surface area contributed by atoms with Crippen molar-refractivity contribution < 1.29 is 9.13 Å². The normalized spacial score (nSPS) is 22.3. The van der Waals surface area contributed by atoms with Gasteiger partial charge in [0, 0.05) is 11.0 Å². The van der Waals surface area contributed by atoms with Crippen molar-refractivity contribution in [2.24, 2.45) is 0 Å². The van der Waals surface area contributed by atoms with Crippen LogP contribution in [-0.4, -0.2) is 19.8 Å². The molecule has 0 aromatic heterocycles. The number of ether oxygens (including phenoxy) is 1. The first-order chi connectivity index (χ1) is 6.77. The molecular formula is C10H11BrFNO. The van der Waals surface area contributed by atoms with Gasteiger partial charge in [-0.2, -0.15) is 0 Å². The van der Waals surface area contributed by atoms with Crippen molar-refractivity contribution in [1.82, 2.24) is 5.32 Å². The first kappa shape index (κ1) is 10.1. The number of halogens is 2. The average molecular weight is 260 g/mol. The van der Waals surface area contributed by atoms with Crippen molar-refractivity contribution in [1.29, 1.82) is 0 Å². The zero-order chi connectivity index (χ0) is 9.97. The van der Waals surface area contributed by atoms with Crippen LogP contribution in [0, 0.1) is 5.82 Å². The lowest BCUT2D eigenvalue weighted by molar-refractivity contribution is 0.0766. The van der Waals surface area contributed by atoms with Crippen molar-refractivity contribution >= 4 is 15.9 Å². The van der Waals surface area contributed by atoms with E-state index in [1.165, 1.54) is 12.1 Å². The number of benzene rings is 1. The van der Waals surface area contributed by atoms with Crippen LogP contribution in [-0.2, 0) is 4.74 Å². The van der Waals surface area contributed by atoms with Gasteiger partial charge in [-0.3, -0.25) is 0 Å². The fourth-order valence-electron chi connectivity index (χ4n) is 1.55. The van der Waals surface area contributed by atoms with E-state index < -0.39 is 0 Å². The summed E-state index contributed by atoms with van der Waals surface area (Å²) < 4.78 is 19.3. The molecule has 2 rings (SSSR count). The van der Waals surface area contributed by atoms with Crippen molar-refractivity contribution in [3.63, 3.8) is 0 Å². The maximum Gasteiger partial charge on any atom is 0.123 e. The lowest BCUT2D eigenvalue weighted by atomic mass is 10.1. The zero-order valence-corrected chi connectivity index (χ0v) is 9.18. The molecule has 1 aromatic carbocycles. The van der Waals surface area contributed by atoms with Crippen molar-refractivity contribution in [3.8, 4) is 0 Å². The maximum absolute atomic E-state index is 13.0. The summed E-state index contributed by atoms with van der Waals surface area (Å²) in [6, 6.07) is 4.79. The molecule has 0 bridgehead atoms. The molecule has 1 N–H and O–H groups in total. The van der Waals surface area contributed by atoms with E-state index >= 15 is 0 Å². The Morgan fingerprint density at radius 3 is 3.07 bits per heavy atom. The van der Waals surface area contributed by atoms with E-state index in [4.69, 9.17) is 4.74 Å². The maximum atomic E-state index is 13.0. The molecule has 0 aliphatic carbocycles. The molecule has 14 heavy (non-hydrogen) atoms. The van der Waals surface area contributed by atoms with Gasteiger partial charge < -0.3 is 10.1 Å². The van der Waals surface area contributed by atoms with Gasteiger partial charge in [0.2, 0.25) is 0 Å². The topological polar surface area (TPSA) is 21.3 Å². The molecule has 0 spiro atoms. The van der Waals surface area contributed by atoms with E-state index in [1.54, 1.807) is 6.07 Å². The minimum Gasteiger partial charge on any atom is -0.378 e. The molecule has 76 valence electrons. The molecule has 1 fully saturated rings. The lowest BCUT2D eigenvalue weighted by Gasteiger charge is -2.25. The van der Waals surface area contributed by atoms with Gasteiger partial charge in [-0.05, 0) is 23.8 Å². The van der Waals surface area contributed by atoms with Crippen LogP contribution in [0.5, 0.6) is 0 Å². The average Bonchev–Trinajstić information content (AvgIpc) is 2.23. The Bertz CT molecular complexity index is 326. The van der Waals surface area contributed by atoms with Crippen molar-refractivity contribution in [3.05, 3.63) is 34.1 Å². The molecule has 2 nitrogen and oxygen atoms in total. The Kier molecular flexibility index (Phi) is 3.15. The highest BCUT2D eigenvalue weighted by Crippen LogP contribution is 2.25. The Balaban J connectivity index is 2.24. The number of morpholine rings is 1. The summed E-state index contributed by atoms with van der Waals surface area (Å²) in [5, 5.41) is 3.28. The highest BCUT2D eigenvalue weighted by atomic mass is 79.9. The van der Waals surface area contributed by atoms with Crippen LogP contribution in [0.4, 0.5) is 4.39 Å². The predicted molar refractivity (Wildman–Crippen MR) is 55.7 cm³/mol. The van der Waals surface area contributed by atoms with Crippen LogP contribution in [0.15, 0.2) is 22.7 Å². The molecule has 0 radical (unpaired) electrons. The molecule has 1 heterocycles. The fraction of sp³-hybridized carbons (Fsp3) is 0.400. The highest BCUT2D eigenvalue weighted by Gasteiger charge is 2.17. The second-order valence-electron chi connectivity index (χ2n) is 3.25. The van der Waals surface area contributed by atoms with Crippen LogP contribution in [0.2, 0.25) is 0 Å². The van der Waals surface area contributed by atoms with Crippen LogP contribution in [0.3, 0.4) is 0 Å². The third kappa shape index (κ3) is 2.13. The largest absolute Gasteiger partial charge is 0.378 e. The Hall–Kier alpha value is -0.450. The number of hydrogen-bond acceptors (Lipinski definition) is 2. The van der Waals surface area contributed by atoms with Gasteiger partial charge in [-0.15, -0.1) is 0 Å². The van der Waals surface area contributed by atoms with E-state index in [-0.39, 0.29) is 11.9 Å². The van der Waals surface area contributed by atoms with E-state index in [2.05, 4.69) is 21.2 Å². The highest BCUT2D eigenvalue weighted by molar-refractivity contribution is 9.10. The number of rotatable bonds is 1. The Morgan fingerprint density at radius 1 is 1.50 bits per heavy atom. The van der Waals surface area contributed by atoms with E-state index in [1.807, 2.05) is 0 Å². The van der Waals surface area contributed by atoms with Gasteiger partial charge in [-0.25, -0.2) is 4.39 Å². The number of hydrogen-bond donors (Lipinski definition) is 1. The summed E-state index contributed by atoms with van der Waals surface area (Å²) in [4.78, 5) is 0.